The van der Waals surface area contributed by atoms with Crippen LogP contribution in [0.1, 0.15) is 37.3 Å². The molecule has 112 valence electrons. The first-order valence-electron chi connectivity index (χ1n) is 7.94. The minimum absolute atomic E-state index is 0.328. The fourth-order valence-corrected chi connectivity index (χ4v) is 3.79. The van der Waals surface area contributed by atoms with E-state index in [-0.39, 0.29) is 0 Å². The zero-order chi connectivity index (χ0) is 13.9. The number of nitrogens with two attached hydrogens (primary N) is 1. The minimum Gasteiger partial charge on any atom is -0.329 e. The topological polar surface area (TPSA) is 50.3 Å². The van der Waals surface area contributed by atoms with E-state index in [0.717, 1.165) is 19.1 Å². The molecule has 2 heterocycles. The van der Waals surface area contributed by atoms with Gasteiger partial charge in [-0.25, -0.2) is 0 Å². The van der Waals surface area contributed by atoms with Crippen molar-refractivity contribution >= 4 is 0 Å². The van der Waals surface area contributed by atoms with Gasteiger partial charge < -0.3 is 5.73 Å². The molecule has 2 aliphatic rings. The van der Waals surface area contributed by atoms with Crippen LogP contribution in [0, 0.1) is 0 Å². The molecule has 1 aliphatic heterocycles. The van der Waals surface area contributed by atoms with Crippen LogP contribution < -0.4 is 5.73 Å². The van der Waals surface area contributed by atoms with Gasteiger partial charge in [0.25, 0.3) is 0 Å². The number of piperazine rings is 1. The maximum atomic E-state index is 6.01. The molecule has 1 atom stereocenters. The zero-order valence-electron chi connectivity index (χ0n) is 12.5. The summed E-state index contributed by atoms with van der Waals surface area (Å²) in [5.41, 5.74) is 7.26. The molecule has 0 amide bonds. The van der Waals surface area contributed by atoms with E-state index >= 15 is 0 Å². The number of hydrogen-bond donors (Lipinski definition) is 1. The van der Waals surface area contributed by atoms with E-state index in [9.17, 15) is 0 Å². The predicted octanol–water partition coefficient (Wildman–Crippen LogP) is 0.980. The molecule has 1 saturated carbocycles. The summed E-state index contributed by atoms with van der Waals surface area (Å²) >= 11 is 0. The van der Waals surface area contributed by atoms with E-state index in [1.165, 1.54) is 44.3 Å². The third-order valence-electron chi connectivity index (χ3n) is 4.96. The van der Waals surface area contributed by atoms with Crippen LogP contribution in [0.4, 0.5) is 0 Å². The van der Waals surface area contributed by atoms with Crippen molar-refractivity contribution in [3.05, 3.63) is 18.0 Å². The van der Waals surface area contributed by atoms with Crippen molar-refractivity contribution in [1.82, 2.24) is 19.6 Å². The lowest BCUT2D eigenvalue weighted by Gasteiger charge is -2.41. The Labute approximate surface area is 121 Å². The van der Waals surface area contributed by atoms with Gasteiger partial charge in [-0.3, -0.25) is 14.5 Å². The fourth-order valence-electron chi connectivity index (χ4n) is 3.79. The Hall–Kier alpha value is -0.910. The maximum Gasteiger partial charge on any atom is 0.0538 e. The van der Waals surface area contributed by atoms with Crippen LogP contribution in [0.25, 0.3) is 0 Å². The average Bonchev–Trinajstić information content (AvgIpc) is 3.12. The molecule has 0 radical (unpaired) electrons. The van der Waals surface area contributed by atoms with Crippen molar-refractivity contribution in [1.29, 1.82) is 0 Å². The largest absolute Gasteiger partial charge is 0.329 e. The molecule has 3 rings (SSSR count). The van der Waals surface area contributed by atoms with Crippen molar-refractivity contribution in [2.75, 3.05) is 32.7 Å². The lowest BCUT2D eigenvalue weighted by molar-refractivity contribution is 0.0722. The molecule has 2 N–H and O–H groups in total. The molecule has 1 unspecified atom stereocenters. The van der Waals surface area contributed by atoms with Crippen LogP contribution in [-0.4, -0.2) is 58.3 Å². The summed E-state index contributed by atoms with van der Waals surface area (Å²) in [7, 11) is 1.97. The van der Waals surface area contributed by atoms with E-state index in [4.69, 9.17) is 5.73 Å². The molecule has 1 saturated heterocycles. The maximum absolute atomic E-state index is 6.01. The first-order valence-corrected chi connectivity index (χ1v) is 7.94. The summed E-state index contributed by atoms with van der Waals surface area (Å²) in [6.07, 6.45) is 9.71. The second-order valence-corrected chi connectivity index (χ2v) is 6.21. The SMILES string of the molecule is Cn1cc(C(CN)N2CCN(C3CCCC3)CC2)cn1. The highest BCUT2D eigenvalue weighted by Crippen LogP contribution is 2.26. The van der Waals surface area contributed by atoms with E-state index in [1.54, 1.807) is 0 Å². The van der Waals surface area contributed by atoms with E-state index in [2.05, 4.69) is 21.1 Å². The van der Waals surface area contributed by atoms with Gasteiger partial charge in [-0.15, -0.1) is 0 Å². The summed E-state index contributed by atoms with van der Waals surface area (Å²) < 4.78 is 1.87. The molecule has 1 aromatic heterocycles. The summed E-state index contributed by atoms with van der Waals surface area (Å²) in [6.45, 7) is 5.33. The Balaban J connectivity index is 1.58. The highest BCUT2D eigenvalue weighted by atomic mass is 15.3. The predicted molar refractivity (Wildman–Crippen MR) is 80.4 cm³/mol. The molecular formula is C15H27N5. The molecule has 20 heavy (non-hydrogen) atoms. The Morgan fingerprint density at radius 1 is 1.25 bits per heavy atom. The van der Waals surface area contributed by atoms with Crippen molar-refractivity contribution in [3.63, 3.8) is 0 Å². The average molecular weight is 277 g/mol. The van der Waals surface area contributed by atoms with Gasteiger partial charge in [0.15, 0.2) is 0 Å². The Bertz CT molecular complexity index is 416. The first kappa shape index (κ1) is 14.0. The second-order valence-electron chi connectivity index (χ2n) is 6.21. The van der Waals surface area contributed by atoms with E-state index in [1.807, 2.05) is 17.9 Å². The fraction of sp³-hybridized carbons (Fsp3) is 0.800. The van der Waals surface area contributed by atoms with Crippen molar-refractivity contribution in [2.24, 2.45) is 12.8 Å². The molecule has 2 fully saturated rings. The number of aromatic nitrogens is 2. The molecular weight excluding hydrogens is 250 g/mol. The summed E-state index contributed by atoms with van der Waals surface area (Å²) in [4.78, 5) is 5.22. The molecule has 5 heteroatoms. The Kier molecular flexibility index (Phi) is 4.38. The second kappa shape index (κ2) is 6.24. The summed E-state index contributed by atoms with van der Waals surface area (Å²) in [5.74, 6) is 0. The molecule has 5 nitrogen and oxygen atoms in total. The highest BCUT2D eigenvalue weighted by molar-refractivity contribution is 5.11. The van der Waals surface area contributed by atoms with Crippen LogP contribution in [0.15, 0.2) is 12.4 Å². The lowest BCUT2D eigenvalue weighted by atomic mass is 10.1. The molecule has 1 aromatic rings. The molecule has 0 aromatic carbocycles. The van der Waals surface area contributed by atoms with Gasteiger partial charge in [0.1, 0.15) is 0 Å². The van der Waals surface area contributed by atoms with Crippen LogP contribution in [-0.2, 0) is 7.05 Å². The van der Waals surface area contributed by atoms with Crippen LogP contribution in [0.3, 0.4) is 0 Å². The smallest absolute Gasteiger partial charge is 0.0538 e. The summed E-state index contributed by atoms with van der Waals surface area (Å²) in [6, 6.07) is 1.18. The minimum atomic E-state index is 0.328. The molecule has 1 aliphatic carbocycles. The van der Waals surface area contributed by atoms with Crippen molar-refractivity contribution < 1.29 is 0 Å². The van der Waals surface area contributed by atoms with Gasteiger partial charge in [0, 0.05) is 57.6 Å². The quantitative estimate of drug-likeness (QED) is 0.891. The van der Waals surface area contributed by atoms with Crippen molar-refractivity contribution in [3.8, 4) is 0 Å². The third-order valence-corrected chi connectivity index (χ3v) is 4.96. The Morgan fingerprint density at radius 2 is 1.95 bits per heavy atom. The lowest BCUT2D eigenvalue weighted by Crippen LogP contribution is -2.51. The monoisotopic (exact) mass is 277 g/mol. The first-order chi connectivity index (χ1) is 9.78. The molecule has 0 spiro atoms. The van der Waals surface area contributed by atoms with Gasteiger partial charge >= 0.3 is 0 Å². The normalized spacial score (nSPS) is 24.3. The van der Waals surface area contributed by atoms with Crippen LogP contribution >= 0.6 is 0 Å². The number of hydrogen-bond acceptors (Lipinski definition) is 4. The van der Waals surface area contributed by atoms with Crippen molar-refractivity contribution in [2.45, 2.75) is 37.8 Å². The zero-order valence-corrected chi connectivity index (χ0v) is 12.5. The number of aryl methyl sites for hydroxylation is 1. The van der Waals surface area contributed by atoms with E-state index in [0.29, 0.717) is 12.6 Å². The van der Waals surface area contributed by atoms with Gasteiger partial charge in [-0.05, 0) is 12.8 Å². The Morgan fingerprint density at radius 3 is 2.50 bits per heavy atom. The number of rotatable bonds is 4. The van der Waals surface area contributed by atoms with Gasteiger partial charge in [-0.2, -0.15) is 5.10 Å². The standard InChI is InChI=1S/C15H27N5/c1-18-12-13(11-17-18)15(10-16)20-8-6-19(7-9-20)14-4-2-3-5-14/h11-12,14-15H,2-10,16H2,1H3. The molecule has 0 bridgehead atoms. The van der Waals surface area contributed by atoms with E-state index < -0.39 is 0 Å². The third kappa shape index (κ3) is 2.90. The van der Waals surface area contributed by atoms with Crippen LogP contribution in [0.5, 0.6) is 0 Å². The number of nitrogens with zero attached hydrogens (tertiary/aromatic N) is 4. The highest BCUT2D eigenvalue weighted by Gasteiger charge is 2.29. The van der Waals surface area contributed by atoms with Gasteiger partial charge in [0.05, 0.1) is 12.2 Å². The van der Waals surface area contributed by atoms with Gasteiger partial charge in [0.2, 0.25) is 0 Å². The van der Waals surface area contributed by atoms with Crippen LogP contribution in [0.2, 0.25) is 0 Å². The van der Waals surface area contributed by atoms with Gasteiger partial charge in [-0.1, -0.05) is 12.8 Å². The summed E-state index contributed by atoms with van der Waals surface area (Å²) in [5, 5.41) is 4.28.